The molecule has 1 aliphatic heterocycles. The van der Waals surface area contributed by atoms with Gasteiger partial charge in [-0.3, -0.25) is 14.9 Å². The predicted molar refractivity (Wildman–Crippen MR) is 69.3 cm³/mol. The van der Waals surface area contributed by atoms with Gasteiger partial charge in [0.1, 0.15) is 11.4 Å². The van der Waals surface area contributed by atoms with Gasteiger partial charge in [0, 0.05) is 19.2 Å². The average Bonchev–Trinajstić information content (AvgIpc) is 2.28. The summed E-state index contributed by atoms with van der Waals surface area (Å²) in [6.07, 6.45) is -0.158. The summed E-state index contributed by atoms with van der Waals surface area (Å²) >= 11 is 3.24. The third kappa shape index (κ3) is 3.02. The van der Waals surface area contributed by atoms with Gasteiger partial charge in [-0.15, -0.1) is 0 Å². The lowest BCUT2D eigenvalue weighted by Gasteiger charge is -2.41. The summed E-state index contributed by atoms with van der Waals surface area (Å²) < 4.78 is 6.23. The fourth-order valence-electron chi connectivity index (χ4n) is 1.83. The Bertz CT molecular complexity index is 530. The SMILES string of the molecule is O=C(O)CC1(Oc2cc([N+](=O)[O-])ccc2Br)CNC1. The second kappa shape index (κ2) is 5.14. The van der Waals surface area contributed by atoms with Crippen molar-refractivity contribution in [1.29, 1.82) is 0 Å². The molecule has 2 N–H and O–H groups in total. The molecule has 1 aromatic carbocycles. The van der Waals surface area contributed by atoms with Gasteiger partial charge < -0.3 is 15.2 Å². The van der Waals surface area contributed by atoms with Crippen molar-refractivity contribution in [2.45, 2.75) is 12.0 Å². The van der Waals surface area contributed by atoms with Crippen molar-refractivity contribution in [3.05, 3.63) is 32.8 Å². The minimum Gasteiger partial charge on any atom is -0.483 e. The van der Waals surface area contributed by atoms with Crippen LogP contribution in [0.2, 0.25) is 0 Å². The van der Waals surface area contributed by atoms with E-state index in [9.17, 15) is 14.9 Å². The molecule has 8 heteroatoms. The van der Waals surface area contributed by atoms with Crippen LogP contribution in [0.5, 0.6) is 5.75 Å². The molecule has 0 unspecified atom stereocenters. The summed E-state index contributed by atoms with van der Waals surface area (Å²) in [6.45, 7) is 0.795. The Morgan fingerprint density at radius 2 is 2.26 bits per heavy atom. The van der Waals surface area contributed by atoms with Gasteiger partial charge in [0.2, 0.25) is 0 Å². The van der Waals surface area contributed by atoms with E-state index >= 15 is 0 Å². The highest BCUT2D eigenvalue weighted by Crippen LogP contribution is 2.34. The second-order valence-corrected chi connectivity index (χ2v) is 5.19. The van der Waals surface area contributed by atoms with E-state index in [-0.39, 0.29) is 17.9 Å². The fraction of sp³-hybridized carbons (Fsp3) is 0.364. The van der Waals surface area contributed by atoms with Crippen LogP contribution in [0.15, 0.2) is 22.7 Å². The summed E-state index contributed by atoms with van der Waals surface area (Å²) in [7, 11) is 0. The lowest BCUT2D eigenvalue weighted by molar-refractivity contribution is -0.385. The third-order valence-electron chi connectivity index (χ3n) is 2.82. The van der Waals surface area contributed by atoms with E-state index in [4.69, 9.17) is 9.84 Å². The van der Waals surface area contributed by atoms with E-state index in [0.717, 1.165) is 0 Å². The summed E-state index contributed by atoms with van der Waals surface area (Å²) in [5, 5.41) is 22.5. The maximum atomic E-state index is 10.8. The van der Waals surface area contributed by atoms with Crippen LogP contribution in [-0.2, 0) is 4.79 Å². The van der Waals surface area contributed by atoms with Crippen LogP contribution in [-0.4, -0.2) is 34.7 Å². The first kappa shape index (κ1) is 13.8. The Labute approximate surface area is 116 Å². The number of nitrogens with one attached hydrogen (secondary N) is 1. The van der Waals surface area contributed by atoms with Crippen molar-refractivity contribution < 1.29 is 19.6 Å². The first-order valence-electron chi connectivity index (χ1n) is 5.47. The van der Waals surface area contributed by atoms with Gasteiger partial charge in [0.15, 0.2) is 0 Å². The van der Waals surface area contributed by atoms with E-state index in [2.05, 4.69) is 21.2 Å². The van der Waals surface area contributed by atoms with Crippen molar-refractivity contribution in [1.82, 2.24) is 5.32 Å². The average molecular weight is 331 g/mol. The molecule has 102 valence electrons. The number of nitro benzene ring substituents is 1. The first-order chi connectivity index (χ1) is 8.92. The maximum absolute atomic E-state index is 10.8. The maximum Gasteiger partial charge on any atom is 0.307 e. The van der Waals surface area contributed by atoms with E-state index in [1.54, 1.807) is 0 Å². The van der Waals surface area contributed by atoms with Gasteiger partial charge in [-0.1, -0.05) is 0 Å². The molecular weight excluding hydrogens is 320 g/mol. The van der Waals surface area contributed by atoms with E-state index in [1.807, 2.05) is 0 Å². The number of nitrogens with zero attached hydrogens (tertiary/aromatic N) is 1. The van der Waals surface area contributed by atoms with Crippen molar-refractivity contribution >= 4 is 27.6 Å². The number of carboxylic acids is 1. The first-order valence-corrected chi connectivity index (χ1v) is 6.27. The molecule has 7 nitrogen and oxygen atoms in total. The third-order valence-corrected chi connectivity index (χ3v) is 3.47. The zero-order valence-electron chi connectivity index (χ0n) is 9.76. The molecular formula is C11H11BrN2O5. The number of non-ortho nitro benzene ring substituents is 1. The molecule has 1 fully saturated rings. The number of halogens is 1. The quantitative estimate of drug-likeness (QED) is 0.627. The molecule has 2 rings (SSSR count). The van der Waals surface area contributed by atoms with Crippen molar-refractivity contribution in [2.75, 3.05) is 13.1 Å². The zero-order valence-corrected chi connectivity index (χ0v) is 11.3. The number of nitro groups is 1. The number of carboxylic acid groups (broad SMARTS) is 1. The summed E-state index contributed by atoms with van der Waals surface area (Å²) in [5.74, 6) is -0.694. The Balaban J connectivity index is 2.24. The standard InChI is InChI=1S/C11H11BrN2O5/c12-8-2-1-7(14(17)18)3-9(8)19-11(4-10(15)16)5-13-6-11/h1-3,13H,4-6H2,(H,15,16). The summed E-state index contributed by atoms with van der Waals surface area (Å²) in [6, 6.07) is 4.14. The predicted octanol–water partition coefficient (Wildman–Crippen LogP) is 1.55. The summed E-state index contributed by atoms with van der Waals surface area (Å²) in [5.41, 5.74) is -0.945. The molecule has 0 spiro atoms. The molecule has 1 saturated heterocycles. The van der Waals surface area contributed by atoms with Crippen LogP contribution >= 0.6 is 15.9 Å². The Hall–Kier alpha value is -1.67. The Morgan fingerprint density at radius 1 is 1.58 bits per heavy atom. The largest absolute Gasteiger partial charge is 0.483 e. The lowest BCUT2D eigenvalue weighted by Crippen LogP contribution is -2.64. The summed E-state index contributed by atoms with van der Waals surface area (Å²) in [4.78, 5) is 21.0. The molecule has 0 aromatic heterocycles. The number of benzene rings is 1. The minimum atomic E-state index is -0.969. The van der Waals surface area contributed by atoms with Crippen LogP contribution in [0.4, 0.5) is 5.69 Å². The topological polar surface area (TPSA) is 102 Å². The van der Waals surface area contributed by atoms with Crippen molar-refractivity contribution in [2.24, 2.45) is 0 Å². The highest BCUT2D eigenvalue weighted by atomic mass is 79.9. The highest BCUT2D eigenvalue weighted by Gasteiger charge is 2.42. The normalized spacial score (nSPS) is 16.5. The highest BCUT2D eigenvalue weighted by molar-refractivity contribution is 9.10. The molecule has 0 radical (unpaired) electrons. The van der Waals surface area contributed by atoms with Crippen LogP contribution in [0.25, 0.3) is 0 Å². The molecule has 1 heterocycles. The van der Waals surface area contributed by atoms with E-state index < -0.39 is 16.5 Å². The molecule has 0 aliphatic carbocycles. The Morgan fingerprint density at radius 3 is 2.74 bits per heavy atom. The molecule has 1 aromatic rings. The van der Waals surface area contributed by atoms with Crippen molar-refractivity contribution in [3.8, 4) is 5.75 Å². The Kier molecular flexibility index (Phi) is 3.72. The van der Waals surface area contributed by atoms with Gasteiger partial charge in [0.25, 0.3) is 5.69 Å². The van der Waals surface area contributed by atoms with Gasteiger partial charge in [0.05, 0.1) is 21.9 Å². The van der Waals surface area contributed by atoms with Crippen LogP contribution in [0.3, 0.4) is 0 Å². The lowest BCUT2D eigenvalue weighted by atomic mass is 9.92. The fourth-order valence-corrected chi connectivity index (χ4v) is 2.16. The molecule has 0 bridgehead atoms. The van der Waals surface area contributed by atoms with Crippen LogP contribution in [0, 0.1) is 10.1 Å². The number of hydrogen-bond acceptors (Lipinski definition) is 5. The van der Waals surface area contributed by atoms with Gasteiger partial charge in [-0.2, -0.15) is 0 Å². The van der Waals surface area contributed by atoms with Crippen LogP contribution < -0.4 is 10.1 Å². The van der Waals surface area contributed by atoms with Crippen LogP contribution in [0.1, 0.15) is 6.42 Å². The van der Waals surface area contributed by atoms with Gasteiger partial charge in [-0.25, -0.2) is 0 Å². The number of hydrogen-bond donors (Lipinski definition) is 2. The number of carbonyl (C=O) groups is 1. The monoisotopic (exact) mass is 330 g/mol. The number of aliphatic carboxylic acids is 1. The molecule has 0 amide bonds. The minimum absolute atomic E-state index is 0.101. The number of rotatable bonds is 5. The van der Waals surface area contributed by atoms with E-state index in [0.29, 0.717) is 17.6 Å². The number of ether oxygens (including phenoxy) is 1. The molecule has 0 saturated carbocycles. The van der Waals surface area contributed by atoms with E-state index in [1.165, 1.54) is 18.2 Å². The van der Waals surface area contributed by atoms with Gasteiger partial charge >= 0.3 is 5.97 Å². The molecule has 0 atom stereocenters. The second-order valence-electron chi connectivity index (χ2n) is 4.33. The zero-order chi connectivity index (χ0) is 14.0. The van der Waals surface area contributed by atoms with Gasteiger partial charge in [-0.05, 0) is 22.0 Å². The van der Waals surface area contributed by atoms with Crippen molar-refractivity contribution in [3.63, 3.8) is 0 Å². The smallest absolute Gasteiger partial charge is 0.307 e. The molecule has 1 aliphatic rings. The molecule has 19 heavy (non-hydrogen) atoms.